The largest absolute Gasteiger partial charge is 0.394 e. The molecule has 0 aromatic rings. The highest BCUT2D eigenvalue weighted by atomic mass is 16.3. The topological polar surface area (TPSA) is 69.6 Å². The van der Waals surface area contributed by atoms with Crippen LogP contribution in [0.1, 0.15) is 245 Å². The van der Waals surface area contributed by atoms with E-state index < -0.39 is 12.1 Å². The number of rotatable bonds is 45. The molecular weight excluding hydrogens is 711 g/mol. The van der Waals surface area contributed by atoms with E-state index in [0.29, 0.717) is 6.42 Å². The fourth-order valence-corrected chi connectivity index (χ4v) is 7.36. The summed E-state index contributed by atoms with van der Waals surface area (Å²) in [6.07, 6.45) is 70.4. The lowest BCUT2D eigenvalue weighted by Crippen LogP contribution is -2.45. The van der Waals surface area contributed by atoms with Crippen LogP contribution in [0.15, 0.2) is 72.9 Å². The molecule has 2 unspecified atom stereocenters. The van der Waals surface area contributed by atoms with E-state index in [2.05, 4.69) is 79.9 Å². The number of carbonyl (C=O) groups is 1. The van der Waals surface area contributed by atoms with Gasteiger partial charge in [-0.1, -0.05) is 241 Å². The molecule has 1 amide bonds. The molecule has 0 aromatic carbocycles. The van der Waals surface area contributed by atoms with E-state index in [9.17, 15) is 15.0 Å². The molecule has 2 atom stereocenters. The van der Waals surface area contributed by atoms with Gasteiger partial charge in [0, 0.05) is 6.42 Å². The predicted octanol–water partition coefficient (Wildman–Crippen LogP) is 16.2. The first-order valence-electron chi connectivity index (χ1n) is 25.2. The minimum Gasteiger partial charge on any atom is -0.394 e. The SMILES string of the molecule is CC/C=C\C/C=C\C/C=C\C/C=C\CCCCCCCCCCCCCCCCCCC(=O)NC(CO)C(O)/C=C/CC/C=C/CCCCCCCCCCCCC. The molecule has 0 radical (unpaired) electrons. The molecule has 4 nitrogen and oxygen atoms in total. The van der Waals surface area contributed by atoms with Crippen molar-refractivity contribution in [2.45, 2.75) is 257 Å². The number of unbranched alkanes of at least 4 members (excludes halogenated alkanes) is 28. The molecule has 0 rings (SSSR count). The van der Waals surface area contributed by atoms with Crippen molar-refractivity contribution in [2.75, 3.05) is 6.61 Å². The minimum absolute atomic E-state index is 0.0745. The maximum Gasteiger partial charge on any atom is 0.220 e. The lowest BCUT2D eigenvalue weighted by Gasteiger charge is -2.19. The van der Waals surface area contributed by atoms with Gasteiger partial charge in [0.05, 0.1) is 18.8 Å². The fraction of sp³-hybridized carbons (Fsp3) is 0.759. The lowest BCUT2D eigenvalue weighted by molar-refractivity contribution is -0.123. The zero-order valence-electron chi connectivity index (χ0n) is 38.5. The quantitative estimate of drug-likeness (QED) is 0.0424. The third-order valence-corrected chi connectivity index (χ3v) is 11.2. The number of nitrogens with one attached hydrogen (secondary N) is 1. The highest BCUT2D eigenvalue weighted by molar-refractivity contribution is 5.76. The van der Waals surface area contributed by atoms with Crippen LogP contribution in [0.25, 0.3) is 0 Å². The summed E-state index contributed by atoms with van der Waals surface area (Å²) < 4.78 is 0. The van der Waals surface area contributed by atoms with Crippen molar-refractivity contribution >= 4 is 5.91 Å². The molecule has 0 bridgehead atoms. The summed E-state index contributed by atoms with van der Waals surface area (Å²) in [7, 11) is 0. The van der Waals surface area contributed by atoms with Crippen molar-refractivity contribution in [3.05, 3.63) is 72.9 Å². The molecule has 336 valence electrons. The number of carbonyl (C=O) groups excluding carboxylic acids is 1. The van der Waals surface area contributed by atoms with E-state index in [0.717, 1.165) is 57.8 Å². The monoisotopic (exact) mass is 808 g/mol. The van der Waals surface area contributed by atoms with Crippen LogP contribution in [0.4, 0.5) is 0 Å². The lowest BCUT2D eigenvalue weighted by atomic mass is 10.0. The van der Waals surface area contributed by atoms with Crippen molar-refractivity contribution in [2.24, 2.45) is 0 Å². The summed E-state index contributed by atoms with van der Waals surface area (Å²) in [6, 6.07) is -0.641. The molecular formula is C54H97NO3. The molecule has 0 aliphatic heterocycles. The summed E-state index contributed by atoms with van der Waals surface area (Å²) in [5, 5.41) is 23.1. The van der Waals surface area contributed by atoms with Crippen LogP contribution in [0, 0.1) is 0 Å². The fourth-order valence-electron chi connectivity index (χ4n) is 7.36. The normalized spacial score (nSPS) is 13.5. The van der Waals surface area contributed by atoms with Crippen LogP contribution in [-0.2, 0) is 4.79 Å². The Hall–Kier alpha value is -2.17. The van der Waals surface area contributed by atoms with E-state index in [-0.39, 0.29) is 12.5 Å². The van der Waals surface area contributed by atoms with Gasteiger partial charge >= 0.3 is 0 Å². The second-order valence-corrected chi connectivity index (χ2v) is 16.8. The van der Waals surface area contributed by atoms with Crippen molar-refractivity contribution < 1.29 is 15.0 Å². The molecule has 3 N–H and O–H groups in total. The summed E-state index contributed by atoms with van der Waals surface area (Å²) in [6.45, 7) is 4.19. The highest BCUT2D eigenvalue weighted by Crippen LogP contribution is 2.15. The first kappa shape index (κ1) is 55.8. The average molecular weight is 808 g/mol. The Bertz CT molecular complexity index is 1010. The van der Waals surface area contributed by atoms with Crippen molar-refractivity contribution in [3.8, 4) is 0 Å². The smallest absolute Gasteiger partial charge is 0.220 e. The third-order valence-electron chi connectivity index (χ3n) is 11.2. The molecule has 0 fully saturated rings. The third kappa shape index (κ3) is 44.9. The molecule has 0 aromatic heterocycles. The van der Waals surface area contributed by atoms with Gasteiger partial charge in [-0.3, -0.25) is 4.79 Å². The maximum atomic E-state index is 12.4. The van der Waals surface area contributed by atoms with Crippen molar-refractivity contribution in [1.29, 1.82) is 0 Å². The van der Waals surface area contributed by atoms with Gasteiger partial charge in [0.25, 0.3) is 0 Å². The van der Waals surface area contributed by atoms with Crippen LogP contribution in [0.3, 0.4) is 0 Å². The minimum atomic E-state index is -0.864. The maximum absolute atomic E-state index is 12.4. The van der Waals surface area contributed by atoms with Crippen LogP contribution < -0.4 is 5.32 Å². The van der Waals surface area contributed by atoms with E-state index in [1.807, 2.05) is 6.08 Å². The van der Waals surface area contributed by atoms with Gasteiger partial charge < -0.3 is 15.5 Å². The first-order valence-corrected chi connectivity index (χ1v) is 25.2. The van der Waals surface area contributed by atoms with E-state index >= 15 is 0 Å². The Balaban J connectivity index is 3.54. The van der Waals surface area contributed by atoms with Gasteiger partial charge in [0.1, 0.15) is 0 Å². The zero-order valence-corrected chi connectivity index (χ0v) is 38.5. The van der Waals surface area contributed by atoms with Gasteiger partial charge in [-0.2, -0.15) is 0 Å². The number of hydrogen-bond donors (Lipinski definition) is 3. The van der Waals surface area contributed by atoms with Gasteiger partial charge in [-0.15, -0.1) is 0 Å². The molecule has 58 heavy (non-hydrogen) atoms. The molecule has 4 heteroatoms. The summed E-state index contributed by atoms with van der Waals surface area (Å²) in [5.41, 5.74) is 0. The van der Waals surface area contributed by atoms with E-state index in [1.54, 1.807) is 6.08 Å². The van der Waals surface area contributed by atoms with Gasteiger partial charge in [-0.05, 0) is 70.6 Å². The standard InChI is InChI=1S/C54H97NO3/c1-3-5-7-9-11-13-15-17-19-21-22-23-24-25-26-27-28-29-30-31-32-34-36-38-40-42-44-46-48-50-54(58)55-52(51-56)53(57)49-47-45-43-41-39-37-35-33-20-18-16-14-12-10-8-6-4-2/h5,7,11,13,17,19,22-23,39,41,47,49,52-53,56-57H,3-4,6,8-10,12,14-16,18,20-21,24-38,40,42-46,48,50-51H2,1-2H3,(H,55,58)/b7-5-,13-11-,19-17-,23-22-,41-39+,49-47+. The van der Waals surface area contributed by atoms with E-state index in [1.165, 1.54) is 167 Å². The number of hydrogen-bond acceptors (Lipinski definition) is 3. The second kappa shape index (κ2) is 49.2. The van der Waals surface area contributed by atoms with Gasteiger partial charge in [-0.25, -0.2) is 0 Å². The Labute approximate surface area is 361 Å². The number of allylic oxidation sites excluding steroid dienone is 11. The predicted molar refractivity (Wildman–Crippen MR) is 257 cm³/mol. The van der Waals surface area contributed by atoms with Gasteiger partial charge in [0.2, 0.25) is 5.91 Å². The first-order chi connectivity index (χ1) is 28.7. The highest BCUT2D eigenvalue weighted by Gasteiger charge is 2.17. The number of aliphatic hydroxyl groups is 2. The summed E-state index contributed by atoms with van der Waals surface area (Å²) >= 11 is 0. The van der Waals surface area contributed by atoms with E-state index in [4.69, 9.17) is 0 Å². The molecule has 0 saturated heterocycles. The molecule has 0 aliphatic carbocycles. The molecule has 0 heterocycles. The Kier molecular flexibility index (Phi) is 47.4. The Morgan fingerprint density at radius 2 is 0.776 bits per heavy atom. The summed E-state index contributed by atoms with van der Waals surface area (Å²) in [4.78, 5) is 12.4. The Morgan fingerprint density at radius 3 is 1.21 bits per heavy atom. The molecule has 0 saturated carbocycles. The van der Waals surface area contributed by atoms with Crippen LogP contribution in [0.5, 0.6) is 0 Å². The van der Waals surface area contributed by atoms with Crippen molar-refractivity contribution in [3.63, 3.8) is 0 Å². The summed E-state index contributed by atoms with van der Waals surface area (Å²) in [5.74, 6) is -0.0745. The molecule has 0 aliphatic rings. The zero-order chi connectivity index (χ0) is 42.1. The number of amides is 1. The number of aliphatic hydroxyl groups excluding tert-OH is 2. The van der Waals surface area contributed by atoms with Crippen LogP contribution in [-0.4, -0.2) is 34.9 Å². The van der Waals surface area contributed by atoms with Crippen LogP contribution >= 0.6 is 0 Å². The van der Waals surface area contributed by atoms with Crippen LogP contribution in [0.2, 0.25) is 0 Å². The van der Waals surface area contributed by atoms with Gasteiger partial charge in [0.15, 0.2) is 0 Å². The molecule has 0 spiro atoms. The Morgan fingerprint density at radius 1 is 0.431 bits per heavy atom. The second-order valence-electron chi connectivity index (χ2n) is 16.8. The van der Waals surface area contributed by atoms with Crippen molar-refractivity contribution in [1.82, 2.24) is 5.32 Å². The average Bonchev–Trinajstić information content (AvgIpc) is 3.23.